The van der Waals surface area contributed by atoms with Crippen molar-refractivity contribution < 1.29 is 4.79 Å². The fraction of sp³-hybridized carbons (Fsp3) is 0.333. The minimum Gasteiger partial charge on any atom is -0.342 e. The van der Waals surface area contributed by atoms with Crippen LogP contribution < -0.4 is 5.32 Å². The first-order valence-electron chi connectivity index (χ1n) is 6.59. The van der Waals surface area contributed by atoms with E-state index >= 15 is 0 Å². The summed E-state index contributed by atoms with van der Waals surface area (Å²) in [5.41, 5.74) is 3.70. The lowest BCUT2D eigenvalue weighted by atomic mass is 10.1. The van der Waals surface area contributed by atoms with Gasteiger partial charge in [-0.2, -0.15) is 5.10 Å². The molecule has 5 heteroatoms. The first-order valence-corrected chi connectivity index (χ1v) is 7.03. The molecule has 0 fully saturated rings. The third-order valence-electron chi connectivity index (χ3n) is 3.69. The van der Waals surface area contributed by atoms with E-state index in [9.17, 15) is 4.79 Å². The van der Waals surface area contributed by atoms with Gasteiger partial charge in [0.25, 0.3) is 5.91 Å². The van der Waals surface area contributed by atoms with Crippen molar-refractivity contribution in [2.75, 3.05) is 0 Å². The molecular formula is C15H16ClN3O. The standard InChI is InChI=1S/C15H16ClN3O/c1-9-7-13(19(2)18-9)15(20)17-14-11-6-4-3-5-10(11)8-12(14)16/h3-7,12,14H,8H2,1-2H3,(H,17,20). The normalized spacial score (nSPS) is 20.8. The van der Waals surface area contributed by atoms with Crippen LogP contribution in [-0.4, -0.2) is 21.1 Å². The van der Waals surface area contributed by atoms with E-state index in [-0.39, 0.29) is 17.3 Å². The van der Waals surface area contributed by atoms with E-state index in [0.29, 0.717) is 5.69 Å². The van der Waals surface area contributed by atoms with Crippen LogP contribution in [-0.2, 0) is 13.5 Å². The smallest absolute Gasteiger partial charge is 0.270 e. The summed E-state index contributed by atoms with van der Waals surface area (Å²) in [7, 11) is 1.77. The molecular weight excluding hydrogens is 274 g/mol. The molecule has 0 spiro atoms. The van der Waals surface area contributed by atoms with Gasteiger partial charge in [0.1, 0.15) is 5.69 Å². The third kappa shape index (κ3) is 2.20. The highest BCUT2D eigenvalue weighted by molar-refractivity contribution is 6.21. The Balaban J connectivity index is 1.85. The molecule has 20 heavy (non-hydrogen) atoms. The maximum absolute atomic E-state index is 12.4. The number of hydrogen-bond acceptors (Lipinski definition) is 2. The van der Waals surface area contributed by atoms with Crippen molar-refractivity contribution in [3.63, 3.8) is 0 Å². The molecule has 1 aromatic carbocycles. The number of aryl methyl sites for hydroxylation is 2. The van der Waals surface area contributed by atoms with Crippen LogP contribution in [0, 0.1) is 6.92 Å². The van der Waals surface area contributed by atoms with E-state index in [1.165, 1.54) is 5.56 Å². The lowest BCUT2D eigenvalue weighted by Gasteiger charge is -2.17. The average molecular weight is 290 g/mol. The van der Waals surface area contributed by atoms with Crippen molar-refractivity contribution in [1.29, 1.82) is 0 Å². The molecule has 104 valence electrons. The van der Waals surface area contributed by atoms with Gasteiger partial charge in [0.2, 0.25) is 0 Å². The average Bonchev–Trinajstić information content (AvgIpc) is 2.90. The molecule has 0 radical (unpaired) electrons. The molecule has 1 N–H and O–H groups in total. The predicted octanol–water partition coefficient (Wildman–Crippen LogP) is 2.36. The summed E-state index contributed by atoms with van der Waals surface area (Å²) in [6.07, 6.45) is 0.785. The van der Waals surface area contributed by atoms with Crippen molar-refractivity contribution in [1.82, 2.24) is 15.1 Å². The second-order valence-corrected chi connectivity index (χ2v) is 5.73. The number of benzene rings is 1. The highest BCUT2D eigenvalue weighted by Gasteiger charge is 2.32. The van der Waals surface area contributed by atoms with Gasteiger partial charge in [-0.25, -0.2) is 0 Å². The number of aromatic nitrogens is 2. The Bertz CT molecular complexity index is 665. The van der Waals surface area contributed by atoms with Crippen LogP contribution in [0.5, 0.6) is 0 Å². The Labute approximate surface area is 122 Å². The number of halogens is 1. The minimum atomic E-state index is -0.143. The van der Waals surface area contributed by atoms with E-state index in [4.69, 9.17) is 11.6 Å². The summed E-state index contributed by atoms with van der Waals surface area (Å²) in [5, 5.41) is 7.11. The van der Waals surface area contributed by atoms with Gasteiger partial charge in [-0.15, -0.1) is 11.6 Å². The summed E-state index contributed by atoms with van der Waals surface area (Å²) in [5.74, 6) is -0.138. The molecule has 2 aromatic rings. The maximum atomic E-state index is 12.4. The SMILES string of the molecule is Cc1cc(C(=O)NC2c3ccccc3CC2Cl)n(C)n1. The number of carbonyl (C=O) groups is 1. The van der Waals surface area contributed by atoms with Crippen molar-refractivity contribution in [3.8, 4) is 0 Å². The fourth-order valence-corrected chi connectivity index (χ4v) is 3.12. The van der Waals surface area contributed by atoms with Crippen molar-refractivity contribution in [2.24, 2.45) is 7.05 Å². The molecule has 0 saturated carbocycles. The lowest BCUT2D eigenvalue weighted by Crippen LogP contribution is -2.33. The second-order valence-electron chi connectivity index (χ2n) is 5.16. The van der Waals surface area contributed by atoms with Crippen molar-refractivity contribution in [2.45, 2.75) is 24.8 Å². The molecule has 1 amide bonds. The van der Waals surface area contributed by atoms with Gasteiger partial charge in [-0.3, -0.25) is 9.48 Å². The third-order valence-corrected chi connectivity index (χ3v) is 4.09. The summed E-state index contributed by atoms with van der Waals surface area (Å²) in [4.78, 5) is 12.4. The van der Waals surface area contributed by atoms with Gasteiger partial charge < -0.3 is 5.32 Å². The zero-order chi connectivity index (χ0) is 14.3. The van der Waals surface area contributed by atoms with E-state index < -0.39 is 0 Å². The largest absolute Gasteiger partial charge is 0.342 e. The van der Waals surface area contributed by atoms with Gasteiger partial charge in [0, 0.05) is 7.05 Å². The van der Waals surface area contributed by atoms with Crippen LogP contribution in [0.3, 0.4) is 0 Å². The molecule has 3 rings (SSSR count). The van der Waals surface area contributed by atoms with Gasteiger partial charge >= 0.3 is 0 Å². The topological polar surface area (TPSA) is 46.9 Å². The lowest BCUT2D eigenvalue weighted by molar-refractivity contribution is 0.0927. The molecule has 1 heterocycles. The highest BCUT2D eigenvalue weighted by Crippen LogP contribution is 2.34. The maximum Gasteiger partial charge on any atom is 0.270 e. The van der Waals surface area contributed by atoms with Gasteiger partial charge in [-0.1, -0.05) is 24.3 Å². The van der Waals surface area contributed by atoms with Crippen LogP contribution >= 0.6 is 11.6 Å². The number of rotatable bonds is 2. The number of nitrogens with one attached hydrogen (secondary N) is 1. The number of carbonyl (C=O) groups excluding carboxylic acids is 1. The van der Waals surface area contributed by atoms with E-state index in [1.807, 2.05) is 25.1 Å². The van der Waals surface area contributed by atoms with E-state index in [0.717, 1.165) is 17.7 Å². The van der Waals surface area contributed by atoms with Crippen LogP contribution in [0.25, 0.3) is 0 Å². The highest BCUT2D eigenvalue weighted by atomic mass is 35.5. The number of amides is 1. The van der Waals surface area contributed by atoms with Gasteiger partial charge in [0.15, 0.2) is 0 Å². The van der Waals surface area contributed by atoms with Gasteiger partial charge in [-0.05, 0) is 30.5 Å². The Kier molecular flexibility index (Phi) is 3.26. The van der Waals surface area contributed by atoms with Crippen LogP contribution in [0.2, 0.25) is 0 Å². The predicted molar refractivity (Wildman–Crippen MR) is 77.9 cm³/mol. The van der Waals surface area contributed by atoms with Crippen LogP contribution in [0.1, 0.15) is 33.4 Å². The molecule has 2 atom stereocenters. The number of hydrogen-bond donors (Lipinski definition) is 1. The second kappa shape index (κ2) is 4.94. The molecule has 2 unspecified atom stereocenters. The van der Waals surface area contributed by atoms with Gasteiger partial charge in [0.05, 0.1) is 17.1 Å². The van der Waals surface area contributed by atoms with Crippen molar-refractivity contribution >= 4 is 17.5 Å². The molecule has 0 aliphatic heterocycles. The quantitative estimate of drug-likeness (QED) is 0.863. The number of nitrogens with zero attached hydrogens (tertiary/aromatic N) is 2. The van der Waals surface area contributed by atoms with E-state index in [2.05, 4.69) is 16.5 Å². The summed E-state index contributed by atoms with van der Waals surface area (Å²) < 4.78 is 1.59. The Morgan fingerprint density at radius 2 is 2.20 bits per heavy atom. The molecule has 0 bridgehead atoms. The molecule has 4 nitrogen and oxygen atoms in total. The Hall–Kier alpha value is -1.81. The number of alkyl halides is 1. The zero-order valence-corrected chi connectivity index (χ0v) is 12.2. The number of fused-ring (bicyclic) bond motifs is 1. The molecule has 0 saturated heterocycles. The Morgan fingerprint density at radius 3 is 2.90 bits per heavy atom. The van der Waals surface area contributed by atoms with Crippen molar-refractivity contribution in [3.05, 3.63) is 52.8 Å². The first kappa shape index (κ1) is 13.2. The van der Waals surface area contributed by atoms with Crippen LogP contribution in [0.15, 0.2) is 30.3 Å². The minimum absolute atomic E-state index is 0.106. The summed E-state index contributed by atoms with van der Waals surface area (Å²) >= 11 is 6.38. The molecule has 1 aliphatic carbocycles. The molecule has 1 aromatic heterocycles. The Morgan fingerprint density at radius 1 is 1.45 bits per heavy atom. The fourth-order valence-electron chi connectivity index (χ4n) is 2.75. The monoisotopic (exact) mass is 289 g/mol. The van der Waals surface area contributed by atoms with E-state index in [1.54, 1.807) is 17.8 Å². The summed E-state index contributed by atoms with van der Waals surface area (Å²) in [6.45, 7) is 1.87. The summed E-state index contributed by atoms with van der Waals surface area (Å²) in [6, 6.07) is 9.69. The first-order chi connectivity index (χ1) is 9.56. The zero-order valence-electron chi connectivity index (χ0n) is 11.4. The molecule has 1 aliphatic rings. The van der Waals surface area contributed by atoms with Crippen LogP contribution in [0.4, 0.5) is 0 Å².